The summed E-state index contributed by atoms with van der Waals surface area (Å²) < 4.78 is 5.19. The van der Waals surface area contributed by atoms with Gasteiger partial charge in [0, 0.05) is 9.90 Å². The number of amides is 1. The van der Waals surface area contributed by atoms with Crippen molar-refractivity contribution in [2.75, 3.05) is 11.9 Å². The van der Waals surface area contributed by atoms with Crippen molar-refractivity contribution in [2.45, 2.75) is 32.6 Å². The number of fused-ring (bicyclic) bond motifs is 1. The zero-order valence-electron chi connectivity index (χ0n) is 15.4. The van der Waals surface area contributed by atoms with Gasteiger partial charge in [-0.05, 0) is 61.9 Å². The van der Waals surface area contributed by atoms with E-state index < -0.39 is 11.9 Å². The molecule has 0 radical (unpaired) electrons. The number of hydrogen-bond acceptors (Lipinski definition) is 5. The van der Waals surface area contributed by atoms with Crippen LogP contribution in [0.4, 0.5) is 5.00 Å². The minimum absolute atomic E-state index is 0.0523. The first-order chi connectivity index (χ1) is 13.5. The molecule has 1 aliphatic rings. The Morgan fingerprint density at radius 1 is 1.29 bits per heavy atom. The van der Waals surface area contributed by atoms with Crippen LogP contribution in [-0.2, 0) is 22.4 Å². The molecule has 0 aliphatic heterocycles. The molecule has 7 heteroatoms. The Labute approximate surface area is 172 Å². The third-order valence-electron chi connectivity index (χ3n) is 4.42. The lowest BCUT2D eigenvalue weighted by Crippen LogP contribution is -2.16. The Morgan fingerprint density at radius 3 is 2.68 bits per heavy atom. The van der Waals surface area contributed by atoms with Gasteiger partial charge in [0.1, 0.15) is 16.6 Å². The molecule has 3 rings (SSSR count). The summed E-state index contributed by atoms with van der Waals surface area (Å²) in [6.45, 7) is 2.01. The molecule has 1 aromatic heterocycles. The number of benzene rings is 1. The van der Waals surface area contributed by atoms with Gasteiger partial charge in [0.15, 0.2) is 0 Å². The number of nitrogens with zero attached hydrogens (tertiary/aromatic N) is 1. The lowest BCUT2D eigenvalue weighted by atomic mass is 9.95. The number of ether oxygens (including phenoxy) is 1. The highest BCUT2D eigenvalue weighted by Gasteiger charge is 2.27. The molecule has 1 heterocycles. The second kappa shape index (κ2) is 9.05. The minimum Gasteiger partial charge on any atom is -0.462 e. The topological polar surface area (TPSA) is 79.2 Å². The van der Waals surface area contributed by atoms with E-state index in [-0.39, 0.29) is 12.2 Å². The predicted molar refractivity (Wildman–Crippen MR) is 111 cm³/mol. The maximum atomic E-state index is 12.7. The summed E-state index contributed by atoms with van der Waals surface area (Å²) in [6.07, 6.45) is 5.23. The molecule has 0 unspecified atom stereocenters. The van der Waals surface area contributed by atoms with Gasteiger partial charge in [0.05, 0.1) is 12.2 Å². The number of anilines is 1. The molecule has 1 aliphatic carbocycles. The summed E-state index contributed by atoms with van der Waals surface area (Å²) in [5, 5.41) is 13.2. The quantitative estimate of drug-likeness (QED) is 0.424. The summed E-state index contributed by atoms with van der Waals surface area (Å²) in [6, 6.07) is 8.75. The number of carbonyl (C=O) groups excluding carboxylic acids is 2. The first-order valence-electron chi connectivity index (χ1n) is 9.03. The van der Waals surface area contributed by atoms with Crippen molar-refractivity contribution < 1.29 is 14.3 Å². The molecule has 0 atom stereocenters. The van der Waals surface area contributed by atoms with Crippen LogP contribution >= 0.6 is 22.9 Å². The normalized spacial score (nSPS) is 13.4. The van der Waals surface area contributed by atoms with Gasteiger partial charge in [-0.15, -0.1) is 11.3 Å². The number of nitrogens with one attached hydrogen (secondary N) is 1. The van der Waals surface area contributed by atoms with E-state index in [0.717, 1.165) is 36.1 Å². The Morgan fingerprint density at radius 2 is 2.00 bits per heavy atom. The summed E-state index contributed by atoms with van der Waals surface area (Å²) in [5.74, 6) is -0.987. The van der Waals surface area contributed by atoms with Crippen molar-refractivity contribution in [3.63, 3.8) is 0 Å². The maximum Gasteiger partial charge on any atom is 0.341 e. The van der Waals surface area contributed by atoms with Crippen molar-refractivity contribution in [1.29, 1.82) is 5.26 Å². The van der Waals surface area contributed by atoms with Crippen LogP contribution < -0.4 is 5.32 Å². The van der Waals surface area contributed by atoms with E-state index in [9.17, 15) is 14.9 Å². The molecule has 0 bridgehead atoms. The van der Waals surface area contributed by atoms with E-state index in [1.165, 1.54) is 17.4 Å². The molecule has 1 aromatic carbocycles. The Hall–Kier alpha value is -2.62. The maximum absolute atomic E-state index is 12.7. The number of halogens is 1. The fourth-order valence-corrected chi connectivity index (χ4v) is 4.52. The smallest absolute Gasteiger partial charge is 0.341 e. The van der Waals surface area contributed by atoms with Gasteiger partial charge >= 0.3 is 5.97 Å². The van der Waals surface area contributed by atoms with Crippen molar-refractivity contribution in [1.82, 2.24) is 0 Å². The van der Waals surface area contributed by atoms with Gasteiger partial charge < -0.3 is 10.1 Å². The summed E-state index contributed by atoms with van der Waals surface area (Å²) >= 11 is 7.26. The molecule has 1 amide bonds. The summed E-state index contributed by atoms with van der Waals surface area (Å²) in [4.78, 5) is 26.3. The standard InChI is InChI=1S/C21H19ClN2O3S/c1-2-27-21(26)18-16-5-3-4-6-17(16)28-20(18)24-19(25)14(12-23)11-13-7-9-15(22)10-8-13/h7-11H,2-6H2,1H3,(H,24,25)/b14-11+. The highest BCUT2D eigenvalue weighted by molar-refractivity contribution is 7.17. The second-order valence-electron chi connectivity index (χ2n) is 6.31. The first kappa shape index (κ1) is 20.1. The monoisotopic (exact) mass is 414 g/mol. The number of nitriles is 1. The molecule has 5 nitrogen and oxygen atoms in total. The molecule has 0 saturated heterocycles. The number of hydrogen-bond donors (Lipinski definition) is 1. The van der Waals surface area contributed by atoms with Crippen LogP contribution in [0.3, 0.4) is 0 Å². The second-order valence-corrected chi connectivity index (χ2v) is 7.85. The van der Waals surface area contributed by atoms with Crippen molar-refractivity contribution in [2.24, 2.45) is 0 Å². The SMILES string of the molecule is CCOC(=O)c1c(NC(=O)/C(C#N)=C/c2ccc(Cl)cc2)sc2c1CCCC2. The Kier molecular flexibility index (Phi) is 6.50. The van der Waals surface area contributed by atoms with E-state index in [1.54, 1.807) is 31.2 Å². The van der Waals surface area contributed by atoms with Gasteiger partial charge in [0.2, 0.25) is 0 Å². The Balaban J connectivity index is 1.90. The molecule has 0 spiro atoms. The van der Waals surface area contributed by atoms with Crippen molar-refractivity contribution >= 4 is 45.9 Å². The van der Waals surface area contributed by atoms with Gasteiger partial charge in [0.25, 0.3) is 5.91 Å². The average Bonchev–Trinajstić information content (AvgIpc) is 3.05. The molecule has 144 valence electrons. The number of aryl methyl sites for hydroxylation is 1. The number of thiophene rings is 1. The Bertz CT molecular complexity index is 971. The fraction of sp³-hybridized carbons (Fsp3) is 0.286. The van der Waals surface area contributed by atoms with E-state index in [2.05, 4.69) is 5.32 Å². The summed E-state index contributed by atoms with van der Waals surface area (Å²) in [5.41, 5.74) is 2.03. The summed E-state index contributed by atoms with van der Waals surface area (Å²) in [7, 11) is 0. The third-order valence-corrected chi connectivity index (χ3v) is 5.88. The predicted octanol–water partition coefficient (Wildman–Crippen LogP) is 5.00. The average molecular weight is 415 g/mol. The third kappa shape index (κ3) is 4.44. The highest BCUT2D eigenvalue weighted by atomic mass is 35.5. The highest BCUT2D eigenvalue weighted by Crippen LogP contribution is 2.38. The number of carbonyl (C=O) groups is 2. The van der Waals surface area contributed by atoms with Crippen LogP contribution in [0.5, 0.6) is 0 Å². The molecule has 1 N–H and O–H groups in total. The fourth-order valence-electron chi connectivity index (χ4n) is 3.12. The van der Waals surface area contributed by atoms with E-state index in [1.807, 2.05) is 6.07 Å². The zero-order valence-corrected chi connectivity index (χ0v) is 17.0. The molecular weight excluding hydrogens is 396 g/mol. The lowest BCUT2D eigenvalue weighted by molar-refractivity contribution is -0.112. The molecular formula is C21H19ClN2O3S. The first-order valence-corrected chi connectivity index (χ1v) is 10.2. The van der Waals surface area contributed by atoms with Gasteiger partial charge in [-0.3, -0.25) is 4.79 Å². The van der Waals surface area contributed by atoms with Crippen LogP contribution in [0.25, 0.3) is 6.08 Å². The zero-order chi connectivity index (χ0) is 20.1. The van der Waals surface area contributed by atoms with Gasteiger partial charge in [-0.1, -0.05) is 23.7 Å². The van der Waals surface area contributed by atoms with Crippen LogP contribution in [0.15, 0.2) is 29.8 Å². The number of rotatable bonds is 5. The van der Waals surface area contributed by atoms with E-state index in [4.69, 9.17) is 16.3 Å². The molecule has 28 heavy (non-hydrogen) atoms. The van der Waals surface area contributed by atoms with Gasteiger partial charge in [-0.25, -0.2) is 4.79 Å². The van der Waals surface area contributed by atoms with Crippen LogP contribution in [0, 0.1) is 11.3 Å². The largest absolute Gasteiger partial charge is 0.462 e. The van der Waals surface area contributed by atoms with Crippen LogP contribution in [0.2, 0.25) is 5.02 Å². The van der Waals surface area contributed by atoms with E-state index in [0.29, 0.717) is 21.2 Å². The number of esters is 1. The van der Waals surface area contributed by atoms with Crippen molar-refractivity contribution in [3.8, 4) is 6.07 Å². The van der Waals surface area contributed by atoms with Crippen LogP contribution in [0.1, 0.15) is 46.1 Å². The minimum atomic E-state index is -0.554. The molecule has 0 fully saturated rings. The molecule has 0 saturated carbocycles. The molecule has 2 aromatic rings. The van der Waals surface area contributed by atoms with E-state index >= 15 is 0 Å². The lowest BCUT2D eigenvalue weighted by Gasteiger charge is -2.12. The van der Waals surface area contributed by atoms with Crippen molar-refractivity contribution in [3.05, 3.63) is 56.4 Å². The van der Waals surface area contributed by atoms with Gasteiger partial charge in [-0.2, -0.15) is 5.26 Å². The van der Waals surface area contributed by atoms with Crippen LogP contribution in [-0.4, -0.2) is 18.5 Å².